The molecule has 1 saturated heterocycles. The van der Waals surface area contributed by atoms with Gasteiger partial charge >= 0.3 is 7.12 Å². The minimum absolute atomic E-state index is 0.190. The van der Waals surface area contributed by atoms with Crippen LogP contribution in [-0.2, 0) is 15.9 Å². The number of hydrogen-bond acceptors (Lipinski definition) is 3. The van der Waals surface area contributed by atoms with E-state index in [4.69, 9.17) is 15.0 Å². The van der Waals surface area contributed by atoms with Crippen LogP contribution in [0.2, 0.25) is 0 Å². The first-order valence-corrected chi connectivity index (χ1v) is 6.11. The lowest BCUT2D eigenvalue weighted by atomic mass is 9.78. The SMILES string of the molecule is CC1(C)OB(c2ccc(CN)c(F)c2)OC1(C)C. The molecule has 18 heavy (non-hydrogen) atoms. The maximum Gasteiger partial charge on any atom is 0.494 e. The van der Waals surface area contributed by atoms with Gasteiger partial charge in [-0.05, 0) is 39.2 Å². The molecule has 0 bridgehead atoms. The molecule has 0 unspecified atom stereocenters. The zero-order chi connectivity index (χ0) is 13.6. The molecule has 2 N–H and O–H groups in total. The molecule has 1 fully saturated rings. The van der Waals surface area contributed by atoms with Gasteiger partial charge in [-0.1, -0.05) is 12.1 Å². The van der Waals surface area contributed by atoms with E-state index in [1.165, 1.54) is 6.07 Å². The van der Waals surface area contributed by atoms with E-state index in [0.717, 1.165) is 0 Å². The van der Waals surface area contributed by atoms with Gasteiger partial charge in [-0.25, -0.2) is 4.39 Å². The highest BCUT2D eigenvalue weighted by atomic mass is 19.1. The molecule has 3 nitrogen and oxygen atoms in total. The first-order valence-electron chi connectivity index (χ1n) is 6.11. The lowest BCUT2D eigenvalue weighted by Crippen LogP contribution is -2.41. The quantitative estimate of drug-likeness (QED) is 0.811. The van der Waals surface area contributed by atoms with Gasteiger partial charge in [-0.2, -0.15) is 0 Å². The molecule has 1 aliphatic rings. The third kappa shape index (κ3) is 2.18. The second-order valence-corrected chi connectivity index (χ2v) is 5.64. The molecule has 0 radical (unpaired) electrons. The Labute approximate surface area is 108 Å². The summed E-state index contributed by atoms with van der Waals surface area (Å²) in [4.78, 5) is 0. The van der Waals surface area contributed by atoms with Crippen LogP contribution in [0.1, 0.15) is 33.3 Å². The van der Waals surface area contributed by atoms with Gasteiger partial charge in [0.15, 0.2) is 0 Å². The molecule has 0 atom stereocenters. The van der Waals surface area contributed by atoms with Crippen molar-refractivity contribution in [2.75, 3.05) is 0 Å². The van der Waals surface area contributed by atoms with Crippen LogP contribution in [0, 0.1) is 5.82 Å². The van der Waals surface area contributed by atoms with Gasteiger partial charge in [0.25, 0.3) is 0 Å². The molecule has 0 aromatic heterocycles. The number of nitrogens with two attached hydrogens (primary N) is 1. The van der Waals surface area contributed by atoms with Crippen LogP contribution in [0.5, 0.6) is 0 Å². The molecule has 2 rings (SSSR count). The summed E-state index contributed by atoms with van der Waals surface area (Å²) < 4.78 is 25.4. The summed E-state index contributed by atoms with van der Waals surface area (Å²) in [5.41, 5.74) is 5.79. The van der Waals surface area contributed by atoms with Crippen LogP contribution >= 0.6 is 0 Å². The van der Waals surface area contributed by atoms with Crippen LogP contribution in [0.25, 0.3) is 0 Å². The predicted octanol–water partition coefficient (Wildman–Crippen LogP) is 1.58. The summed E-state index contributed by atoms with van der Waals surface area (Å²) in [5.74, 6) is -0.315. The van der Waals surface area contributed by atoms with Gasteiger partial charge in [0, 0.05) is 12.1 Å². The summed E-state index contributed by atoms with van der Waals surface area (Å²) in [7, 11) is -0.531. The number of rotatable bonds is 2. The predicted molar refractivity (Wildman–Crippen MR) is 70.0 cm³/mol. The number of hydrogen-bond donors (Lipinski definition) is 1. The minimum atomic E-state index is -0.531. The van der Waals surface area contributed by atoms with E-state index in [2.05, 4.69) is 0 Å². The fourth-order valence-corrected chi connectivity index (χ4v) is 1.85. The Morgan fingerprint density at radius 3 is 2.17 bits per heavy atom. The largest absolute Gasteiger partial charge is 0.494 e. The van der Waals surface area contributed by atoms with Crippen molar-refractivity contribution in [2.24, 2.45) is 5.73 Å². The van der Waals surface area contributed by atoms with Crippen molar-refractivity contribution < 1.29 is 13.7 Å². The molecule has 1 aromatic carbocycles. The fraction of sp³-hybridized carbons (Fsp3) is 0.538. The first-order chi connectivity index (χ1) is 8.27. The minimum Gasteiger partial charge on any atom is -0.399 e. The summed E-state index contributed by atoms with van der Waals surface area (Å²) in [6.45, 7) is 8.07. The van der Waals surface area contributed by atoms with Gasteiger partial charge in [0.2, 0.25) is 0 Å². The molecule has 1 heterocycles. The summed E-state index contributed by atoms with van der Waals surface area (Å²) in [6.07, 6.45) is 0. The first kappa shape index (κ1) is 13.5. The molecule has 5 heteroatoms. The lowest BCUT2D eigenvalue weighted by Gasteiger charge is -2.32. The van der Waals surface area contributed by atoms with Crippen molar-refractivity contribution >= 4 is 12.6 Å². The van der Waals surface area contributed by atoms with Gasteiger partial charge in [-0.3, -0.25) is 0 Å². The highest BCUT2D eigenvalue weighted by Gasteiger charge is 2.51. The summed E-state index contributed by atoms with van der Waals surface area (Å²) in [6, 6.07) is 4.91. The smallest absolute Gasteiger partial charge is 0.399 e. The van der Waals surface area contributed by atoms with Crippen molar-refractivity contribution in [3.63, 3.8) is 0 Å². The lowest BCUT2D eigenvalue weighted by molar-refractivity contribution is 0.00578. The van der Waals surface area contributed by atoms with E-state index < -0.39 is 18.3 Å². The fourth-order valence-electron chi connectivity index (χ4n) is 1.85. The van der Waals surface area contributed by atoms with E-state index in [1.807, 2.05) is 27.7 Å². The Morgan fingerprint density at radius 2 is 1.72 bits per heavy atom. The zero-order valence-corrected chi connectivity index (χ0v) is 11.3. The van der Waals surface area contributed by atoms with Crippen molar-refractivity contribution in [3.8, 4) is 0 Å². The molecule has 0 spiro atoms. The Morgan fingerprint density at radius 1 is 1.17 bits per heavy atom. The molecule has 0 saturated carbocycles. The van der Waals surface area contributed by atoms with Gasteiger partial charge in [0.1, 0.15) is 5.82 Å². The van der Waals surface area contributed by atoms with E-state index in [-0.39, 0.29) is 12.4 Å². The average molecular weight is 251 g/mol. The highest BCUT2D eigenvalue weighted by Crippen LogP contribution is 2.36. The second kappa shape index (κ2) is 4.33. The van der Waals surface area contributed by atoms with Crippen molar-refractivity contribution in [1.29, 1.82) is 0 Å². The van der Waals surface area contributed by atoms with Gasteiger partial charge < -0.3 is 15.0 Å². The van der Waals surface area contributed by atoms with Crippen LogP contribution < -0.4 is 11.2 Å². The van der Waals surface area contributed by atoms with Crippen LogP contribution in [0.4, 0.5) is 4.39 Å². The molecule has 1 aliphatic heterocycles. The van der Waals surface area contributed by atoms with Gasteiger partial charge in [-0.15, -0.1) is 0 Å². The van der Waals surface area contributed by atoms with E-state index in [0.29, 0.717) is 11.0 Å². The molecular weight excluding hydrogens is 232 g/mol. The molecule has 98 valence electrons. The normalized spacial score (nSPS) is 21.3. The van der Waals surface area contributed by atoms with Crippen LogP contribution in [0.3, 0.4) is 0 Å². The molecule has 1 aromatic rings. The summed E-state index contributed by atoms with van der Waals surface area (Å²) >= 11 is 0. The average Bonchev–Trinajstić information content (AvgIpc) is 2.48. The zero-order valence-electron chi connectivity index (χ0n) is 11.3. The maximum absolute atomic E-state index is 13.7. The Kier molecular flexibility index (Phi) is 3.26. The Balaban J connectivity index is 2.27. The molecule has 0 amide bonds. The number of halogens is 1. The third-order valence-electron chi connectivity index (χ3n) is 3.82. The van der Waals surface area contributed by atoms with Gasteiger partial charge in [0.05, 0.1) is 11.2 Å². The third-order valence-corrected chi connectivity index (χ3v) is 3.82. The van der Waals surface area contributed by atoms with Crippen molar-refractivity contribution in [3.05, 3.63) is 29.6 Å². The monoisotopic (exact) mass is 251 g/mol. The van der Waals surface area contributed by atoms with E-state index in [1.54, 1.807) is 12.1 Å². The Bertz CT molecular complexity index is 446. The molecular formula is C13H19BFNO2. The van der Waals surface area contributed by atoms with Crippen LogP contribution in [0.15, 0.2) is 18.2 Å². The summed E-state index contributed by atoms with van der Waals surface area (Å²) in [5, 5.41) is 0. The number of benzene rings is 1. The maximum atomic E-state index is 13.7. The topological polar surface area (TPSA) is 44.5 Å². The standard InChI is InChI=1S/C13H19BFNO2/c1-12(2)13(3,4)18-14(17-12)10-6-5-9(8-16)11(15)7-10/h5-7H,8,16H2,1-4H3. The van der Waals surface area contributed by atoms with E-state index >= 15 is 0 Å². The highest BCUT2D eigenvalue weighted by molar-refractivity contribution is 6.62. The molecule has 0 aliphatic carbocycles. The van der Waals surface area contributed by atoms with Crippen LogP contribution in [-0.4, -0.2) is 18.3 Å². The van der Waals surface area contributed by atoms with Crippen molar-refractivity contribution in [1.82, 2.24) is 0 Å². The van der Waals surface area contributed by atoms with Crippen molar-refractivity contribution in [2.45, 2.75) is 45.4 Å². The Hall–Kier alpha value is -0.905. The second-order valence-electron chi connectivity index (χ2n) is 5.64. The van der Waals surface area contributed by atoms with E-state index in [9.17, 15) is 4.39 Å².